The molecule has 0 N–H and O–H groups in total. The third-order valence-electron chi connectivity index (χ3n) is 1.49. The monoisotopic (exact) mass is 324 g/mol. The molecule has 1 rings (SSSR count). The van der Waals surface area contributed by atoms with Crippen LogP contribution in [0, 0.1) is 0 Å². The Morgan fingerprint density at radius 2 is 1.42 bits per heavy atom. The van der Waals surface area contributed by atoms with Gasteiger partial charge in [-0.25, -0.2) is 0 Å². The Kier molecular flexibility index (Phi) is 3.95. The number of hydrogen-bond donors (Lipinski definition) is 0. The van der Waals surface area contributed by atoms with Crippen molar-refractivity contribution in [2.24, 2.45) is 0 Å². The lowest BCUT2D eigenvalue weighted by Gasteiger charge is -2.09. The third kappa shape index (κ3) is 4.55. The highest BCUT2D eigenvalue weighted by Gasteiger charge is 2.48. The topological polar surface area (TPSA) is 86.7 Å². The summed E-state index contributed by atoms with van der Waals surface area (Å²) in [7, 11) is -11.3. The minimum atomic E-state index is -5.91. The maximum atomic E-state index is 12.1. The molecule has 0 spiro atoms. The molecule has 0 saturated carbocycles. The van der Waals surface area contributed by atoms with Crippen molar-refractivity contribution in [3.8, 4) is 11.5 Å². The molecule has 0 heterocycles. The van der Waals surface area contributed by atoms with Gasteiger partial charge in [0.2, 0.25) is 0 Å². The van der Waals surface area contributed by atoms with Crippen LogP contribution in [0.3, 0.4) is 0 Å². The predicted octanol–water partition coefficient (Wildman–Crippen LogP) is 1.51. The van der Waals surface area contributed by atoms with E-state index in [1.165, 1.54) is 0 Å². The van der Waals surface area contributed by atoms with Gasteiger partial charge in [0.05, 0.1) is 0 Å². The van der Waals surface area contributed by atoms with E-state index in [9.17, 15) is 33.9 Å². The summed E-state index contributed by atoms with van der Waals surface area (Å²) in [5.74, 6) is -1.64. The SMILES string of the molecule is O=S(=O)(F)Oc1cccc(OS(=O)(=O)C(F)(F)F)c1. The summed E-state index contributed by atoms with van der Waals surface area (Å²) in [5.41, 5.74) is -5.66. The van der Waals surface area contributed by atoms with Gasteiger partial charge in [-0.2, -0.15) is 30.0 Å². The van der Waals surface area contributed by atoms with Crippen molar-refractivity contribution < 1.29 is 42.3 Å². The van der Waals surface area contributed by atoms with E-state index in [-0.39, 0.29) is 0 Å². The van der Waals surface area contributed by atoms with Crippen LogP contribution in [0.25, 0.3) is 0 Å². The Morgan fingerprint density at radius 1 is 0.947 bits per heavy atom. The average Bonchev–Trinajstić information content (AvgIpc) is 2.12. The zero-order chi connectivity index (χ0) is 14.9. The van der Waals surface area contributed by atoms with Crippen molar-refractivity contribution >= 4 is 20.6 Å². The third-order valence-corrected chi connectivity index (χ3v) is 2.86. The van der Waals surface area contributed by atoms with Crippen molar-refractivity contribution in [3.63, 3.8) is 0 Å². The summed E-state index contributed by atoms with van der Waals surface area (Å²) in [6.07, 6.45) is 0. The first-order chi connectivity index (χ1) is 8.41. The molecule has 0 aliphatic heterocycles. The minimum Gasteiger partial charge on any atom is -0.376 e. The van der Waals surface area contributed by atoms with Gasteiger partial charge in [0.25, 0.3) is 0 Å². The van der Waals surface area contributed by atoms with Crippen LogP contribution in [0.5, 0.6) is 11.5 Å². The van der Waals surface area contributed by atoms with Crippen LogP contribution in [0.15, 0.2) is 24.3 Å². The second-order valence-electron chi connectivity index (χ2n) is 2.93. The van der Waals surface area contributed by atoms with Gasteiger partial charge in [-0.3, -0.25) is 0 Å². The van der Waals surface area contributed by atoms with E-state index in [1.54, 1.807) is 0 Å². The molecule has 1 aromatic carbocycles. The van der Waals surface area contributed by atoms with Crippen LogP contribution in [0.4, 0.5) is 17.1 Å². The Bertz CT molecular complexity index is 663. The zero-order valence-corrected chi connectivity index (χ0v) is 10.2. The van der Waals surface area contributed by atoms with Crippen molar-refractivity contribution in [2.75, 3.05) is 0 Å². The molecule has 19 heavy (non-hydrogen) atoms. The van der Waals surface area contributed by atoms with Gasteiger partial charge >= 0.3 is 26.1 Å². The summed E-state index contributed by atoms with van der Waals surface area (Å²) in [5, 5.41) is 0. The van der Waals surface area contributed by atoms with Gasteiger partial charge in [-0.15, -0.1) is 0 Å². The lowest BCUT2D eigenvalue weighted by molar-refractivity contribution is -0.0500. The molecule has 0 aromatic heterocycles. The predicted molar refractivity (Wildman–Crippen MR) is 52.7 cm³/mol. The summed E-state index contributed by atoms with van der Waals surface area (Å²) < 4.78 is 97.0. The van der Waals surface area contributed by atoms with E-state index in [0.717, 1.165) is 18.2 Å². The number of alkyl halides is 3. The van der Waals surface area contributed by atoms with Crippen LogP contribution in [-0.2, 0) is 20.6 Å². The van der Waals surface area contributed by atoms with E-state index in [1.807, 2.05) is 0 Å². The van der Waals surface area contributed by atoms with Gasteiger partial charge in [0, 0.05) is 6.07 Å². The second kappa shape index (κ2) is 4.85. The molecule has 0 aliphatic carbocycles. The smallest absolute Gasteiger partial charge is 0.376 e. The van der Waals surface area contributed by atoms with E-state index in [4.69, 9.17) is 0 Å². The lowest BCUT2D eigenvalue weighted by atomic mass is 10.3. The molecule has 108 valence electrons. The fourth-order valence-corrected chi connectivity index (χ4v) is 1.65. The standard InChI is InChI=1S/C7H4F4O6S2/c8-7(9,10)18(12,13)16-5-2-1-3-6(4-5)17-19(11,14)15/h1-4H. The zero-order valence-electron chi connectivity index (χ0n) is 8.59. The minimum absolute atomic E-state index is 0.459. The maximum Gasteiger partial charge on any atom is 0.534 e. The van der Waals surface area contributed by atoms with Crippen molar-refractivity contribution in [3.05, 3.63) is 24.3 Å². The van der Waals surface area contributed by atoms with E-state index >= 15 is 0 Å². The fraction of sp³-hybridized carbons (Fsp3) is 0.143. The molecule has 6 nitrogen and oxygen atoms in total. The van der Waals surface area contributed by atoms with Crippen molar-refractivity contribution in [1.82, 2.24) is 0 Å². The normalized spacial score (nSPS) is 13.1. The second-order valence-corrected chi connectivity index (χ2v) is 5.43. The molecule has 0 unspecified atom stereocenters. The van der Waals surface area contributed by atoms with Crippen LogP contribution >= 0.6 is 0 Å². The number of hydrogen-bond acceptors (Lipinski definition) is 6. The van der Waals surface area contributed by atoms with Crippen LogP contribution < -0.4 is 8.37 Å². The Hall–Kier alpha value is -1.56. The number of benzene rings is 1. The molecule has 1 aromatic rings. The van der Waals surface area contributed by atoms with Crippen LogP contribution in [-0.4, -0.2) is 22.3 Å². The summed E-state index contributed by atoms with van der Waals surface area (Å²) in [6.45, 7) is 0. The molecule has 0 aliphatic rings. The van der Waals surface area contributed by atoms with Gasteiger partial charge in [-0.1, -0.05) is 9.95 Å². The highest BCUT2D eigenvalue weighted by molar-refractivity contribution is 7.88. The Labute approximate surface area is 105 Å². The quantitative estimate of drug-likeness (QED) is 0.361. The van der Waals surface area contributed by atoms with E-state index in [0.29, 0.717) is 6.07 Å². The Balaban J connectivity index is 3.02. The van der Waals surface area contributed by atoms with Crippen molar-refractivity contribution in [1.29, 1.82) is 0 Å². The molecule has 0 radical (unpaired) electrons. The molecule has 12 heteroatoms. The first kappa shape index (κ1) is 15.5. The van der Waals surface area contributed by atoms with Gasteiger partial charge in [-0.05, 0) is 12.1 Å². The average molecular weight is 324 g/mol. The van der Waals surface area contributed by atoms with Crippen LogP contribution in [0.2, 0.25) is 0 Å². The summed E-state index contributed by atoms with van der Waals surface area (Å²) in [6, 6.07) is 3.01. The van der Waals surface area contributed by atoms with Gasteiger partial charge in [0.15, 0.2) is 0 Å². The lowest BCUT2D eigenvalue weighted by Crippen LogP contribution is -2.28. The molecule has 0 atom stereocenters. The molecular weight excluding hydrogens is 320 g/mol. The van der Waals surface area contributed by atoms with Gasteiger partial charge < -0.3 is 8.37 Å². The molecule has 0 saturated heterocycles. The first-order valence-electron chi connectivity index (χ1n) is 4.15. The van der Waals surface area contributed by atoms with Crippen LogP contribution in [0.1, 0.15) is 0 Å². The molecular formula is C7H4F4O6S2. The summed E-state index contributed by atoms with van der Waals surface area (Å²) in [4.78, 5) is 0. The molecule has 0 amide bonds. The van der Waals surface area contributed by atoms with Crippen molar-refractivity contribution in [2.45, 2.75) is 5.51 Å². The maximum absolute atomic E-state index is 12.1. The molecule has 0 bridgehead atoms. The highest BCUT2D eigenvalue weighted by atomic mass is 32.3. The fourth-order valence-electron chi connectivity index (χ4n) is 0.867. The van der Waals surface area contributed by atoms with E-state index < -0.39 is 37.6 Å². The highest BCUT2D eigenvalue weighted by Crippen LogP contribution is 2.28. The Morgan fingerprint density at radius 3 is 1.84 bits per heavy atom. The first-order valence-corrected chi connectivity index (χ1v) is 6.87. The molecule has 0 fully saturated rings. The number of rotatable bonds is 4. The largest absolute Gasteiger partial charge is 0.534 e. The summed E-state index contributed by atoms with van der Waals surface area (Å²) >= 11 is 0. The number of halogens is 4. The van der Waals surface area contributed by atoms with E-state index in [2.05, 4.69) is 8.37 Å². The van der Waals surface area contributed by atoms with Gasteiger partial charge in [0.1, 0.15) is 11.5 Å².